The third-order valence-electron chi connectivity index (χ3n) is 3.89. The molecule has 0 aliphatic carbocycles. The first-order valence-electron chi connectivity index (χ1n) is 7.93. The third-order valence-corrected chi connectivity index (χ3v) is 4.64. The van der Waals surface area contributed by atoms with Crippen LogP contribution < -0.4 is 0 Å². The molecule has 0 unspecified atom stereocenters. The van der Waals surface area contributed by atoms with Gasteiger partial charge in [0.15, 0.2) is 0 Å². The van der Waals surface area contributed by atoms with Crippen molar-refractivity contribution in [2.24, 2.45) is 0 Å². The summed E-state index contributed by atoms with van der Waals surface area (Å²) in [7, 11) is 0. The zero-order valence-corrected chi connectivity index (χ0v) is 14.6. The number of aromatic nitrogens is 2. The standard InChI is InChI=1S/C18H20N2O3S/c1-3-23-18(21)15-11-14-5-4-8-20(14)16(13(15)2)6-9-22-12-17-19-7-10-24-17/h4-5,7-8,10-11H,3,6,9,12H2,1-2H3. The number of fused-ring (bicyclic) bond motifs is 1. The second kappa shape index (κ2) is 7.59. The Hall–Kier alpha value is -2.18. The van der Waals surface area contributed by atoms with Crippen LogP contribution in [0.5, 0.6) is 0 Å². The van der Waals surface area contributed by atoms with Gasteiger partial charge in [0.2, 0.25) is 0 Å². The summed E-state index contributed by atoms with van der Waals surface area (Å²) in [5.74, 6) is -0.274. The summed E-state index contributed by atoms with van der Waals surface area (Å²) >= 11 is 1.59. The first kappa shape index (κ1) is 16.7. The second-order valence-corrected chi connectivity index (χ2v) is 6.36. The van der Waals surface area contributed by atoms with E-state index in [4.69, 9.17) is 9.47 Å². The van der Waals surface area contributed by atoms with E-state index in [0.29, 0.717) is 25.4 Å². The van der Waals surface area contributed by atoms with Crippen molar-refractivity contribution in [3.05, 3.63) is 57.8 Å². The van der Waals surface area contributed by atoms with Crippen molar-refractivity contribution in [1.29, 1.82) is 0 Å². The molecule has 0 N–H and O–H groups in total. The number of esters is 1. The second-order valence-electron chi connectivity index (χ2n) is 5.38. The highest BCUT2D eigenvalue weighted by Crippen LogP contribution is 2.21. The molecule has 6 heteroatoms. The molecule has 0 aliphatic heterocycles. The van der Waals surface area contributed by atoms with Gasteiger partial charge in [-0.2, -0.15) is 0 Å². The SMILES string of the molecule is CCOC(=O)c1cc2cccn2c(CCOCc2nccs2)c1C. The minimum atomic E-state index is -0.274. The molecule has 0 radical (unpaired) electrons. The molecule has 5 nitrogen and oxygen atoms in total. The summed E-state index contributed by atoms with van der Waals surface area (Å²) in [5, 5.41) is 2.91. The zero-order chi connectivity index (χ0) is 16.9. The molecule has 3 rings (SSSR count). The molecule has 3 aromatic rings. The Balaban J connectivity index is 1.78. The van der Waals surface area contributed by atoms with Gasteiger partial charge in [-0.15, -0.1) is 11.3 Å². The highest BCUT2D eigenvalue weighted by Gasteiger charge is 2.16. The van der Waals surface area contributed by atoms with Gasteiger partial charge in [0.25, 0.3) is 0 Å². The van der Waals surface area contributed by atoms with E-state index in [2.05, 4.69) is 9.38 Å². The fourth-order valence-corrected chi connectivity index (χ4v) is 3.28. The van der Waals surface area contributed by atoms with Crippen LogP contribution in [-0.2, 0) is 22.5 Å². The molecule has 0 spiro atoms. The lowest BCUT2D eigenvalue weighted by atomic mass is 10.0. The van der Waals surface area contributed by atoms with Gasteiger partial charge >= 0.3 is 5.97 Å². The van der Waals surface area contributed by atoms with E-state index >= 15 is 0 Å². The average molecular weight is 344 g/mol. The Labute approximate surface area is 144 Å². The number of nitrogens with zero attached hydrogens (tertiary/aromatic N) is 2. The Kier molecular flexibility index (Phi) is 5.27. The monoisotopic (exact) mass is 344 g/mol. The van der Waals surface area contributed by atoms with Crippen LogP contribution in [0.4, 0.5) is 0 Å². The lowest BCUT2D eigenvalue weighted by molar-refractivity contribution is 0.0525. The predicted octanol–water partition coefficient (Wildman–Crippen LogP) is 3.64. The fraction of sp³-hybridized carbons (Fsp3) is 0.333. The number of hydrogen-bond donors (Lipinski definition) is 0. The molecule has 126 valence electrons. The number of hydrogen-bond acceptors (Lipinski definition) is 5. The third kappa shape index (κ3) is 3.49. The van der Waals surface area contributed by atoms with Gasteiger partial charge in [-0.25, -0.2) is 9.78 Å². The van der Waals surface area contributed by atoms with Crippen molar-refractivity contribution in [2.45, 2.75) is 26.9 Å². The van der Waals surface area contributed by atoms with Crippen molar-refractivity contribution in [3.63, 3.8) is 0 Å². The largest absolute Gasteiger partial charge is 0.462 e. The molecule has 0 saturated carbocycles. The molecule has 0 saturated heterocycles. The fourth-order valence-electron chi connectivity index (χ4n) is 2.73. The van der Waals surface area contributed by atoms with Crippen molar-refractivity contribution in [2.75, 3.05) is 13.2 Å². The van der Waals surface area contributed by atoms with E-state index in [1.54, 1.807) is 17.5 Å². The Morgan fingerprint density at radius 2 is 2.29 bits per heavy atom. The quantitative estimate of drug-likeness (QED) is 0.485. The van der Waals surface area contributed by atoms with Crippen LogP contribution in [0.3, 0.4) is 0 Å². The number of carbonyl (C=O) groups excluding carboxylic acids is 1. The minimum absolute atomic E-state index is 0.274. The van der Waals surface area contributed by atoms with Crippen LogP contribution in [-0.4, -0.2) is 28.6 Å². The molecule has 24 heavy (non-hydrogen) atoms. The summed E-state index contributed by atoms with van der Waals surface area (Å²) in [6.07, 6.45) is 4.50. The van der Waals surface area contributed by atoms with E-state index in [9.17, 15) is 4.79 Å². The van der Waals surface area contributed by atoms with E-state index in [1.807, 2.05) is 43.6 Å². The van der Waals surface area contributed by atoms with Crippen LogP contribution >= 0.6 is 11.3 Å². The van der Waals surface area contributed by atoms with Crippen LogP contribution in [0.25, 0.3) is 5.52 Å². The highest BCUT2D eigenvalue weighted by atomic mass is 32.1. The highest BCUT2D eigenvalue weighted by molar-refractivity contribution is 7.09. The number of thiazole rings is 1. The molecular weight excluding hydrogens is 324 g/mol. The molecule has 3 aromatic heterocycles. The van der Waals surface area contributed by atoms with Crippen LogP contribution in [0.1, 0.15) is 33.5 Å². The summed E-state index contributed by atoms with van der Waals surface area (Å²) < 4.78 is 13.0. The normalized spacial score (nSPS) is 11.1. The van der Waals surface area contributed by atoms with E-state index < -0.39 is 0 Å². The Morgan fingerprint density at radius 1 is 1.42 bits per heavy atom. The lowest BCUT2D eigenvalue weighted by Crippen LogP contribution is -2.12. The number of rotatable bonds is 7. The maximum atomic E-state index is 12.2. The summed E-state index contributed by atoms with van der Waals surface area (Å²) in [6.45, 7) is 5.23. The van der Waals surface area contributed by atoms with Gasteiger partial charge in [0.1, 0.15) is 5.01 Å². The van der Waals surface area contributed by atoms with Crippen molar-refractivity contribution < 1.29 is 14.3 Å². The maximum absolute atomic E-state index is 12.2. The molecule has 0 amide bonds. The Bertz CT molecular complexity index is 824. The number of pyridine rings is 1. The van der Waals surface area contributed by atoms with Crippen molar-refractivity contribution in [1.82, 2.24) is 9.38 Å². The topological polar surface area (TPSA) is 52.8 Å². The van der Waals surface area contributed by atoms with E-state index in [1.165, 1.54) is 0 Å². The average Bonchev–Trinajstić information content (AvgIpc) is 3.24. The van der Waals surface area contributed by atoms with Crippen LogP contribution in [0, 0.1) is 6.92 Å². The van der Waals surface area contributed by atoms with Gasteiger partial charge in [0, 0.05) is 35.4 Å². The number of ether oxygens (including phenoxy) is 2. The molecule has 0 aromatic carbocycles. The van der Waals surface area contributed by atoms with Gasteiger partial charge in [-0.3, -0.25) is 0 Å². The van der Waals surface area contributed by atoms with Crippen molar-refractivity contribution in [3.8, 4) is 0 Å². The van der Waals surface area contributed by atoms with E-state index in [0.717, 1.165) is 28.2 Å². The summed E-state index contributed by atoms with van der Waals surface area (Å²) in [6, 6.07) is 5.85. The van der Waals surface area contributed by atoms with Gasteiger partial charge in [-0.05, 0) is 37.6 Å². The van der Waals surface area contributed by atoms with Crippen LogP contribution in [0.15, 0.2) is 36.0 Å². The van der Waals surface area contributed by atoms with Gasteiger partial charge < -0.3 is 13.9 Å². The smallest absolute Gasteiger partial charge is 0.338 e. The Morgan fingerprint density at radius 3 is 3.04 bits per heavy atom. The first-order chi connectivity index (χ1) is 11.7. The number of carbonyl (C=O) groups is 1. The molecule has 0 atom stereocenters. The first-order valence-corrected chi connectivity index (χ1v) is 8.81. The van der Waals surface area contributed by atoms with Crippen molar-refractivity contribution >= 4 is 22.8 Å². The van der Waals surface area contributed by atoms with E-state index in [-0.39, 0.29) is 5.97 Å². The molecule has 0 aliphatic rings. The molecule has 0 bridgehead atoms. The summed E-state index contributed by atoms with van der Waals surface area (Å²) in [5.41, 5.74) is 3.62. The molecule has 3 heterocycles. The zero-order valence-electron chi connectivity index (χ0n) is 13.8. The minimum Gasteiger partial charge on any atom is -0.462 e. The van der Waals surface area contributed by atoms with Gasteiger partial charge in [-0.1, -0.05) is 0 Å². The lowest BCUT2D eigenvalue weighted by Gasteiger charge is -2.14. The van der Waals surface area contributed by atoms with Gasteiger partial charge in [0.05, 0.1) is 25.4 Å². The maximum Gasteiger partial charge on any atom is 0.338 e. The van der Waals surface area contributed by atoms with Crippen LogP contribution in [0.2, 0.25) is 0 Å². The molecular formula is C18H20N2O3S. The predicted molar refractivity (Wildman–Crippen MR) is 93.6 cm³/mol. The summed E-state index contributed by atoms with van der Waals surface area (Å²) in [4.78, 5) is 16.4. The molecule has 0 fully saturated rings.